The molecule has 6 heteroatoms. The third-order valence-corrected chi connectivity index (χ3v) is 4.16. The fourth-order valence-electron chi connectivity index (χ4n) is 2.69. The smallest absolute Gasteiger partial charge is 0.224 e. The van der Waals surface area contributed by atoms with E-state index in [2.05, 4.69) is 43.0 Å². The number of morpholine rings is 1. The molecule has 2 aliphatic rings. The molecule has 0 aliphatic carbocycles. The number of ether oxygens (including phenoxy) is 1. The summed E-state index contributed by atoms with van der Waals surface area (Å²) in [7, 11) is 0. The summed E-state index contributed by atoms with van der Waals surface area (Å²) in [6.07, 6.45) is 5.98. The first kappa shape index (κ1) is 13.1. The Morgan fingerprint density at radius 3 is 2.84 bits per heavy atom. The van der Waals surface area contributed by atoms with Gasteiger partial charge >= 0.3 is 0 Å². The Morgan fingerprint density at radius 1 is 1.42 bits per heavy atom. The lowest BCUT2D eigenvalue weighted by molar-refractivity contribution is 0.0302. The Kier molecular flexibility index (Phi) is 3.88. The number of fused-ring (bicyclic) bond motifs is 2. The highest BCUT2D eigenvalue weighted by Crippen LogP contribution is 2.32. The second-order valence-electron chi connectivity index (χ2n) is 5.15. The molecule has 1 aromatic heterocycles. The maximum Gasteiger partial charge on any atom is 0.224 e. The Bertz CT molecular complexity index is 444. The number of hydrogen-bond donors (Lipinski definition) is 1. The van der Waals surface area contributed by atoms with Crippen LogP contribution in [0.25, 0.3) is 0 Å². The Labute approximate surface area is 121 Å². The first-order valence-corrected chi connectivity index (χ1v) is 7.72. The lowest BCUT2D eigenvalue weighted by Crippen LogP contribution is -2.43. The standard InChI is InChI=1S/C13H19BrN4O/c1-2-5-15-13-16-6-11(14)12(17-13)18-7-9-3-4-10(8-18)19-9/h6,9-10H,2-5,7-8H2,1H3,(H,15,16,17). The molecule has 3 rings (SSSR count). The van der Waals surface area contributed by atoms with Crippen LogP contribution in [0.2, 0.25) is 0 Å². The van der Waals surface area contributed by atoms with Crippen molar-refractivity contribution in [1.82, 2.24) is 9.97 Å². The second kappa shape index (κ2) is 5.63. The van der Waals surface area contributed by atoms with Crippen molar-refractivity contribution in [3.63, 3.8) is 0 Å². The highest BCUT2D eigenvalue weighted by atomic mass is 79.9. The molecule has 2 atom stereocenters. The molecule has 3 heterocycles. The number of aromatic nitrogens is 2. The number of halogens is 1. The van der Waals surface area contributed by atoms with E-state index in [1.165, 1.54) is 12.8 Å². The van der Waals surface area contributed by atoms with Gasteiger partial charge in [-0.1, -0.05) is 6.92 Å². The van der Waals surface area contributed by atoms with Gasteiger partial charge in [0.25, 0.3) is 0 Å². The van der Waals surface area contributed by atoms with Crippen LogP contribution in [0.1, 0.15) is 26.2 Å². The van der Waals surface area contributed by atoms with E-state index >= 15 is 0 Å². The number of rotatable bonds is 4. The van der Waals surface area contributed by atoms with Crippen molar-refractivity contribution < 1.29 is 4.74 Å². The average Bonchev–Trinajstić information content (AvgIpc) is 2.76. The molecular weight excluding hydrogens is 308 g/mol. The monoisotopic (exact) mass is 326 g/mol. The van der Waals surface area contributed by atoms with E-state index in [9.17, 15) is 0 Å². The van der Waals surface area contributed by atoms with Gasteiger partial charge in [-0.05, 0) is 35.2 Å². The van der Waals surface area contributed by atoms with Crippen LogP contribution in [0.4, 0.5) is 11.8 Å². The summed E-state index contributed by atoms with van der Waals surface area (Å²) in [6.45, 7) is 4.89. The van der Waals surface area contributed by atoms with Gasteiger partial charge in [-0.25, -0.2) is 4.98 Å². The second-order valence-corrected chi connectivity index (χ2v) is 6.01. The van der Waals surface area contributed by atoms with E-state index in [0.29, 0.717) is 18.2 Å². The third kappa shape index (κ3) is 2.84. The maximum atomic E-state index is 5.87. The molecule has 0 spiro atoms. The first-order valence-electron chi connectivity index (χ1n) is 6.93. The predicted molar refractivity (Wildman–Crippen MR) is 78.6 cm³/mol. The number of nitrogens with one attached hydrogen (secondary N) is 1. The SMILES string of the molecule is CCCNc1ncc(Br)c(N2CC3CCC(C2)O3)n1. The quantitative estimate of drug-likeness (QED) is 0.920. The van der Waals surface area contributed by atoms with Crippen LogP contribution in [0.3, 0.4) is 0 Å². The van der Waals surface area contributed by atoms with Gasteiger partial charge in [0.05, 0.1) is 16.7 Å². The molecule has 0 amide bonds. The zero-order chi connectivity index (χ0) is 13.2. The zero-order valence-corrected chi connectivity index (χ0v) is 12.7. The minimum atomic E-state index is 0.368. The summed E-state index contributed by atoms with van der Waals surface area (Å²) in [4.78, 5) is 11.2. The van der Waals surface area contributed by atoms with Crippen LogP contribution in [0.15, 0.2) is 10.7 Å². The third-order valence-electron chi connectivity index (χ3n) is 3.60. The molecule has 2 saturated heterocycles. The highest BCUT2D eigenvalue weighted by Gasteiger charge is 2.34. The first-order chi connectivity index (χ1) is 9.26. The van der Waals surface area contributed by atoms with Gasteiger partial charge in [-0.2, -0.15) is 4.98 Å². The minimum Gasteiger partial charge on any atom is -0.371 e. The molecule has 2 bridgehead atoms. The van der Waals surface area contributed by atoms with E-state index in [1.807, 2.05) is 6.20 Å². The van der Waals surface area contributed by atoms with Crippen molar-refractivity contribution in [3.8, 4) is 0 Å². The molecule has 1 N–H and O–H groups in total. The zero-order valence-electron chi connectivity index (χ0n) is 11.1. The summed E-state index contributed by atoms with van der Waals surface area (Å²) in [5.74, 6) is 1.69. The van der Waals surface area contributed by atoms with Crippen LogP contribution in [0, 0.1) is 0 Å². The van der Waals surface area contributed by atoms with E-state index in [-0.39, 0.29) is 0 Å². The molecule has 1 aromatic rings. The molecule has 19 heavy (non-hydrogen) atoms. The van der Waals surface area contributed by atoms with Crippen LogP contribution in [-0.4, -0.2) is 41.8 Å². The molecular formula is C13H19BrN4O. The van der Waals surface area contributed by atoms with Crippen molar-refractivity contribution in [2.75, 3.05) is 29.9 Å². The van der Waals surface area contributed by atoms with Gasteiger partial charge in [0, 0.05) is 25.8 Å². The van der Waals surface area contributed by atoms with Crippen LogP contribution in [-0.2, 0) is 4.74 Å². The van der Waals surface area contributed by atoms with Crippen molar-refractivity contribution in [2.45, 2.75) is 38.4 Å². The van der Waals surface area contributed by atoms with Gasteiger partial charge < -0.3 is 15.0 Å². The van der Waals surface area contributed by atoms with Crippen molar-refractivity contribution >= 4 is 27.7 Å². The lowest BCUT2D eigenvalue weighted by atomic mass is 10.2. The van der Waals surface area contributed by atoms with E-state index < -0.39 is 0 Å². The highest BCUT2D eigenvalue weighted by molar-refractivity contribution is 9.10. The summed E-state index contributed by atoms with van der Waals surface area (Å²) in [6, 6.07) is 0. The van der Waals surface area contributed by atoms with Crippen molar-refractivity contribution in [1.29, 1.82) is 0 Å². The minimum absolute atomic E-state index is 0.368. The summed E-state index contributed by atoms with van der Waals surface area (Å²) >= 11 is 3.56. The molecule has 2 fully saturated rings. The topological polar surface area (TPSA) is 50.3 Å². The maximum absolute atomic E-state index is 5.87. The van der Waals surface area contributed by atoms with Crippen molar-refractivity contribution in [3.05, 3.63) is 10.7 Å². The average molecular weight is 327 g/mol. The predicted octanol–water partition coefficient (Wildman–Crippen LogP) is 2.43. The van der Waals surface area contributed by atoms with Gasteiger partial charge in [-0.15, -0.1) is 0 Å². The van der Waals surface area contributed by atoms with E-state index in [4.69, 9.17) is 4.74 Å². The largest absolute Gasteiger partial charge is 0.371 e. The molecule has 0 radical (unpaired) electrons. The molecule has 0 saturated carbocycles. The molecule has 2 aliphatic heterocycles. The number of nitrogens with zero attached hydrogens (tertiary/aromatic N) is 3. The molecule has 2 unspecified atom stereocenters. The molecule has 5 nitrogen and oxygen atoms in total. The summed E-state index contributed by atoms with van der Waals surface area (Å²) in [5.41, 5.74) is 0. The van der Waals surface area contributed by atoms with Gasteiger partial charge in [0.15, 0.2) is 0 Å². The number of hydrogen-bond acceptors (Lipinski definition) is 5. The van der Waals surface area contributed by atoms with Gasteiger partial charge in [0.2, 0.25) is 5.95 Å². The molecule has 0 aromatic carbocycles. The van der Waals surface area contributed by atoms with Crippen LogP contribution in [0.5, 0.6) is 0 Å². The fourth-order valence-corrected chi connectivity index (χ4v) is 3.13. The van der Waals surface area contributed by atoms with Crippen LogP contribution < -0.4 is 10.2 Å². The summed E-state index contributed by atoms with van der Waals surface area (Å²) < 4.78 is 6.82. The molecule has 104 valence electrons. The Hall–Kier alpha value is -0.880. The van der Waals surface area contributed by atoms with E-state index in [1.54, 1.807) is 0 Å². The van der Waals surface area contributed by atoms with Gasteiger partial charge in [-0.3, -0.25) is 0 Å². The van der Waals surface area contributed by atoms with E-state index in [0.717, 1.165) is 36.3 Å². The van der Waals surface area contributed by atoms with Gasteiger partial charge in [0.1, 0.15) is 5.82 Å². The number of anilines is 2. The van der Waals surface area contributed by atoms with Crippen LogP contribution >= 0.6 is 15.9 Å². The normalized spacial score (nSPS) is 25.7. The Balaban J connectivity index is 1.79. The Morgan fingerprint density at radius 2 is 2.16 bits per heavy atom. The summed E-state index contributed by atoms with van der Waals surface area (Å²) in [5, 5.41) is 3.24. The lowest BCUT2D eigenvalue weighted by Gasteiger charge is -2.33. The fraction of sp³-hybridized carbons (Fsp3) is 0.692. The van der Waals surface area contributed by atoms with Crippen molar-refractivity contribution in [2.24, 2.45) is 0 Å².